The summed E-state index contributed by atoms with van der Waals surface area (Å²) >= 11 is 0. The van der Waals surface area contributed by atoms with Gasteiger partial charge in [-0.05, 0) is 30.7 Å². The van der Waals surface area contributed by atoms with Crippen LogP contribution in [0, 0.1) is 5.82 Å². The van der Waals surface area contributed by atoms with E-state index in [0.29, 0.717) is 11.3 Å². The van der Waals surface area contributed by atoms with Gasteiger partial charge in [0.2, 0.25) is 0 Å². The van der Waals surface area contributed by atoms with Crippen LogP contribution in [-0.2, 0) is 14.3 Å². The Morgan fingerprint density at radius 1 is 1.26 bits per heavy atom. The predicted molar refractivity (Wildman–Crippen MR) is 79.9 cm³/mol. The lowest BCUT2D eigenvalue weighted by atomic mass is 9.95. The SMILES string of the molecule is CCOC(=O)C(=O)NC[C@H](c1cccnn1)c1ccccc1F. The van der Waals surface area contributed by atoms with Crippen molar-refractivity contribution in [3.8, 4) is 0 Å². The normalized spacial score (nSPS) is 11.6. The summed E-state index contributed by atoms with van der Waals surface area (Å²) in [4.78, 5) is 23.0. The molecule has 1 heterocycles. The zero-order chi connectivity index (χ0) is 16.7. The lowest BCUT2D eigenvalue weighted by Crippen LogP contribution is -2.36. The summed E-state index contributed by atoms with van der Waals surface area (Å²) in [6, 6.07) is 9.54. The zero-order valence-electron chi connectivity index (χ0n) is 12.5. The van der Waals surface area contributed by atoms with Gasteiger partial charge in [-0.2, -0.15) is 10.2 Å². The Balaban J connectivity index is 2.20. The number of nitrogens with zero attached hydrogens (tertiary/aromatic N) is 2. The lowest BCUT2D eigenvalue weighted by molar-refractivity contribution is -0.154. The third-order valence-electron chi connectivity index (χ3n) is 3.16. The van der Waals surface area contributed by atoms with E-state index in [9.17, 15) is 14.0 Å². The molecule has 1 N–H and O–H groups in total. The summed E-state index contributed by atoms with van der Waals surface area (Å²) in [6.45, 7) is 1.71. The molecule has 0 fully saturated rings. The highest BCUT2D eigenvalue weighted by Gasteiger charge is 2.22. The fraction of sp³-hybridized carbons (Fsp3) is 0.250. The van der Waals surface area contributed by atoms with E-state index in [1.807, 2.05) is 0 Å². The average Bonchev–Trinajstić information content (AvgIpc) is 2.57. The van der Waals surface area contributed by atoms with E-state index in [1.54, 1.807) is 37.3 Å². The minimum atomic E-state index is -0.973. The Hall–Kier alpha value is -2.83. The first-order valence-electron chi connectivity index (χ1n) is 7.10. The maximum Gasteiger partial charge on any atom is 0.396 e. The van der Waals surface area contributed by atoms with Crippen molar-refractivity contribution in [2.75, 3.05) is 13.2 Å². The van der Waals surface area contributed by atoms with Gasteiger partial charge in [-0.3, -0.25) is 4.79 Å². The molecule has 0 spiro atoms. The minimum Gasteiger partial charge on any atom is -0.459 e. The highest BCUT2D eigenvalue weighted by Crippen LogP contribution is 2.24. The fourth-order valence-corrected chi connectivity index (χ4v) is 2.09. The second kappa shape index (κ2) is 7.98. The van der Waals surface area contributed by atoms with E-state index in [1.165, 1.54) is 12.3 Å². The van der Waals surface area contributed by atoms with E-state index in [0.717, 1.165) is 0 Å². The number of esters is 1. The van der Waals surface area contributed by atoms with Gasteiger partial charge in [-0.25, -0.2) is 9.18 Å². The van der Waals surface area contributed by atoms with Gasteiger partial charge in [-0.1, -0.05) is 18.2 Å². The summed E-state index contributed by atoms with van der Waals surface area (Å²) in [7, 11) is 0. The molecule has 0 aliphatic carbocycles. The Morgan fingerprint density at radius 2 is 2.04 bits per heavy atom. The second-order valence-corrected chi connectivity index (χ2v) is 4.65. The molecule has 2 aromatic rings. The molecule has 7 heteroatoms. The number of amides is 1. The van der Waals surface area contributed by atoms with Crippen LogP contribution in [0.15, 0.2) is 42.6 Å². The third-order valence-corrected chi connectivity index (χ3v) is 3.16. The van der Waals surface area contributed by atoms with Crippen molar-refractivity contribution in [2.45, 2.75) is 12.8 Å². The number of ether oxygens (including phenoxy) is 1. The number of carbonyl (C=O) groups excluding carboxylic acids is 2. The van der Waals surface area contributed by atoms with Crippen LogP contribution >= 0.6 is 0 Å². The van der Waals surface area contributed by atoms with Crippen LogP contribution in [0.3, 0.4) is 0 Å². The molecule has 0 saturated heterocycles. The van der Waals surface area contributed by atoms with Crippen LogP contribution in [0.25, 0.3) is 0 Å². The molecule has 0 unspecified atom stereocenters. The first-order valence-corrected chi connectivity index (χ1v) is 7.10. The van der Waals surface area contributed by atoms with E-state index in [2.05, 4.69) is 20.3 Å². The Labute approximate surface area is 132 Å². The predicted octanol–water partition coefficient (Wildman–Crippen LogP) is 1.43. The van der Waals surface area contributed by atoms with Crippen LogP contribution in [0.5, 0.6) is 0 Å². The number of hydrogen-bond acceptors (Lipinski definition) is 5. The van der Waals surface area contributed by atoms with Crippen LogP contribution in [0.4, 0.5) is 4.39 Å². The molecule has 1 aromatic carbocycles. The van der Waals surface area contributed by atoms with E-state index >= 15 is 0 Å². The third kappa shape index (κ3) is 4.32. The van der Waals surface area contributed by atoms with Crippen LogP contribution in [0.2, 0.25) is 0 Å². The Kier molecular flexibility index (Phi) is 5.74. The molecule has 1 atom stereocenters. The Morgan fingerprint density at radius 3 is 2.70 bits per heavy atom. The van der Waals surface area contributed by atoms with Crippen molar-refractivity contribution in [1.29, 1.82) is 0 Å². The molecule has 0 bridgehead atoms. The zero-order valence-corrected chi connectivity index (χ0v) is 12.5. The summed E-state index contributed by atoms with van der Waals surface area (Å²) in [5, 5.41) is 10.2. The summed E-state index contributed by atoms with van der Waals surface area (Å²) in [5.41, 5.74) is 0.846. The monoisotopic (exact) mass is 317 g/mol. The van der Waals surface area contributed by atoms with Crippen molar-refractivity contribution in [3.63, 3.8) is 0 Å². The van der Waals surface area contributed by atoms with Gasteiger partial charge in [-0.15, -0.1) is 0 Å². The molecule has 0 aliphatic rings. The molecule has 0 radical (unpaired) electrons. The topological polar surface area (TPSA) is 81.2 Å². The lowest BCUT2D eigenvalue weighted by Gasteiger charge is -2.17. The van der Waals surface area contributed by atoms with E-state index in [4.69, 9.17) is 0 Å². The number of rotatable bonds is 5. The summed E-state index contributed by atoms with van der Waals surface area (Å²) < 4.78 is 18.7. The fourth-order valence-electron chi connectivity index (χ4n) is 2.09. The first kappa shape index (κ1) is 16.5. The number of halogens is 1. The number of hydrogen-bond donors (Lipinski definition) is 1. The summed E-state index contributed by atoms with van der Waals surface area (Å²) in [6.07, 6.45) is 1.50. The van der Waals surface area contributed by atoms with Gasteiger partial charge in [0, 0.05) is 18.7 Å². The molecule has 0 aliphatic heterocycles. The van der Waals surface area contributed by atoms with Gasteiger partial charge in [0.15, 0.2) is 0 Å². The van der Waals surface area contributed by atoms with Gasteiger partial charge in [0.25, 0.3) is 0 Å². The number of nitrogens with one attached hydrogen (secondary N) is 1. The number of carbonyl (C=O) groups is 2. The quantitative estimate of drug-likeness (QED) is 0.666. The number of benzene rings is 1. The van der Waals surface area contributed by atoms with Crippen molar-refractivity contribution < 1.29 is 18.7 Å². The van der Waals surface area contributed by atoms with Crippen molar-refractivity contribution in [3.05, 3.63) is 59.7 Å². The first-order chi connectivity index (χ1) is 11.1. The van der Waals surface area contributed by atoms with Crippen LogP contribution in [-0.4, -0.2) is 35.2 Å². The highest BCUT2D eigenvalue weighted by atomic mass is 19.1. The van der Waals surface area contributed by atoms with Crippen molar-refractivity contribution in [1.82, 2.24) is 15.5 Å². The number of aromatic nitrogens is 2. The van der Waals surface area contributed by atoms with Gasteiger partial charge in [0.1, 0.15) is 5.82 Å². The second-order valence-electron chi connectivity index (χ2n) is 4.65. The van der Waals surface area contributed by atoms with Crippen molar-refractivity contribution >= 4 is 11.9 Å². The molecule has 6 nitrogen and oxygen atoms in total. The largest absolute Gasteiger partial charge is 0.459 e. The molecule has 23 heavy (non-hydrogen) atoms. The smallest absolute Gasteiger partial charge is 0.396 e. The molecule has 120 valence electrons. The molecule has 2 rings (SSSR count). The van der Waals surface area contributed by atoms with Gasteiger partial charge < -0.3 is 10.1 Å². The van der Waals surface area contributed by atoms with E-state index < -0.39 is 23.6 Å². The molecular formula is C16H16FN3O3. The molecule has 1 aromatic heterocycles. The molecule has 1 amide bonds. The average molecular weight is 317 g/mol. The summed E-state index contributed by atoms with van der Waals surface area (Å²) in [5.74, 6) is -2.84. The minimum absolute atomic E-state index is 0.00270. The maximum atomic E-state index is 14.1. The van der Waals surface area contributed by atoms with Crippen LogP contribution < -0.4 is 5.32 Å². The van der Waals surface area contributed by atoms with Gasteiger partial charge >= 0.3 is 11.9 Å². The van der Waals surface area contributed by atoms with Crippen LogP contribution in [0.1, 0.15) is 24.1 Å². The Bertz CT molecular complexity index is 679. The maximum absolute atomic E-state index is 14.1. The highest BCUT2D eigenvalue weighted by molar-refractivity contribution is 6.32. The molecule has 0 saturated carbocycles. The van der Waals surface area contributed by atoms with E-state index in [-0.39, 0.29) is 13.2 Å². The van der Waals surface area contributed by atoms with Gasteiger partial charge in [0.05, 0.1) is 12.3 Å². The standard InChI is InChI=1S/C16H16FN3O3/c1-2-23-16(22)15(21)18-10-12(14-8-5-9-19-20-14)11-6-3-4-7-13(11)17/h3-9,12H,2,10H2,1H3,(H,18,21)/t12-/m0/s1. The molecular weight excluding hydrogens is 301 g/mol. The van der Waals surface area contributed by atoms with Crippen molar-refractivity contribution in [2.24, 2.45) is 0 Å².